The fourth-order valence-electron chi connectivity index (χ4n) is 2.95. The minimum absolute atomic E-state index is 0.0348. The van der Waals surface area contributed by atoms with Crippen LogP contribution in [0.1, 0.15) is 39.2 Å². The lowest BCUT2D eigenvalue weighted by Crippen LogP contribution is -2.57. The average molecular weight is 423 g/mol. The predicted octanol–water partition coefficient (Wildman–Crippen LogP) is 1.71. The van der Waals surface area contributed by atoms with E-state index in [1.54, 1.807) is 32.9 Å². The van der Waals surface area contributed by atoms with E-state index in [-0.39, 0.29) is 32.7 Å². The second kappa shape index (κ2) is 11.1. The Morgan fingerprint density at radius 1 is 1.27 bits per heavy atom. The van der Waals surface area contributed by atoms with Crippen LogP contribution in [0, 0.1) is 0 Å². The number of hydrogen-bond acceptors (Lipinski definition) is 8. The Hall–Kier alpha value is -2.49. The lowest BCUT2D eigenvalue weighted by Gasteiger charge is -2.38. The number of benzene rings is 1. The number of alkyl carbamates (subject to hydrolysis) is 1. The number of aliphatic hydroxyl groups excluding tert-OH is 1. The summed E-state index contributed by atoms with van der Waals surface area (Å²) < 4.78 is 20.9. The van der Waals surface area contributed by atoms with Crippen molar-refractivity contribution in [1.29, 1.82) is 0 Å². The summed E-state index contributed by atoms with van der Waals surface area (Å²) in [4.78, 5) is 36.2. The first-order chi connectivity index (χ1) is 14.2. The zero-order valence-electron chi connectivity index (χ0n) is 17.5. The molecule has 166 valence electrons. The molecule has 1 heterocycles. The number of hydrogen-bond donors (Lipinski definition) is 2. The molecule has 0 unspecified atom stereocenters. The average Bonchev–Trinajstić information content (AvgIpc) is 2.72. The molecule has 1 aliphatic heterocycles. The topological polar surface area (TPSA) is 120 Å². The Morgan fingerprint density at radius 2 is 1.97 bits per heavy atom. The Balaban J connectivity index is 2.03. The van der Waals surface area contributed by atoms with Crippen molar-refractivity contribution in [1.82, 2.24) is 5.32 Å². The Kier molecular flexibility index (Phi) is 8.76. The fourth-order valence-corrected chi connectivity index (χ4v) is 2.95. The van der Waals surface area contributed by atoms with Gasteiger partial charge >= 0.3 is 12.1 Å². The second-order valence-electron chi connectivity index (χ2n) is 7.34. The van der Waals surface area contributed by atoms with E-state index in [0.29, 0.717) is 0 Å². The van der Waals surface area contributed by atoms with Gasteiger partial charge in [-0.25, -0.2) is 4.79 Å². The fraction of sp³-hybridized carbons (Fsp3) is 0.571. The van der Waals surface area contributed by atoms with Crippen LogP contribution in [0.25, 0.3) is 0 Å². The van der Waals surface area contributed by atoms with Gasteiger partial charge in [0.25, 0.3) is 0 Å². The van der Waals surface area contributed by atoms with Gasteiger partial charge in [-0.1, -0.05) is 30.3 Å². The number of rotatable bonds is 9. The molecule has 1 aromatic rings. The monoisotopic (exact) mass is 423 g/mol. The van der Waals surface area contributed by atoms with Gasteiger partial charge in [-0.15, -0.1) is 0 Å². The lowest BCUT2D eigenvalue weighted by molar-refractivity contribution is -0.272. The zero-order valence-corrected chi connectivity index (χ0v) is 17.5. The van der Waals surface area contributed by atoms with Crippen LogP contribution >= 0.6 is 0 Å². The smallest absolute Gasteiger partial charge is 0.407 e. The molecule has 9 heteroatoms. The molecule has 0 saturated carbocycles. The summed E-state index contributed by atoms with van der Waals surface area (Å²) in [6, 6.07) is 8.11. The van der Waals surface area contributed by atoms with E-state index in [1.165, 1.54) is 0 Å². The van der Waals surface area contributed by atoms with Crippen molar-refractivity contribution in [3.8, 4) is 0 Å². The number of aliphatic hydroxyl groups is 1. The summed E-state index contributed by atoms with van der Waals surface area (Å²) in [6.45, 7) is 4.95. The van der Waals surface area contributed by atoms with E-state index in [1.807, 2.05) is 18.2 Å². The number of ketones is 1. The van der Waals surface area contributed by atoms with Crippen molar-refractivity contribution in [3.05, 3.63) is 35.9 Å². The molecule has 0 bridgehead atoms. The van der Waals surface area contributed by atoms with Gasteiger partial charge in [-0.3, -0.25) is 9.59 Å². The van der Waals surface area contributed by atoms with Crippen LogP contribution in [0.4, 0.5) is 4.79 Å². The van der Waals surface area contributed by atoms with Crippen LogP contribution in [-0.4, -0.2) is 60.2 Å². The molecular weight excluding hydrogens is 394 g/mol. The first kappa shape index (κ1) is 23.8. The number of amides is 1. The second-order valence-corrected chi connectivity index (χ2v) is 7.34. The molecule has 1 aliphatic rings. The third kappa shape index (κ3) is 7.40. The van der Waals surface area contributed by atoms with Crippen LogP contribution in [0.3, 0.4) is 0 Å². The van der Waals surface area contributed by atoms with Crippen LogP contribution in [0.2, 0.25) is 0 Å². The van der Waals surface area contributed by atoms with Crippen LogP contribution in [-0.2, 0) is 35.1 Å². The summed E-state index contributed by atoms with van der Waals surface area (Å²) >= 11 is 0. The molecule has 3 atom stereocenters. The van der Waals surface area contributed by atoms with Gasteiger partial charge in [-0.2, -0.15) is 0 Å². The predicted molar refractivity (Wildman–Crippen MR) is 105 cm³/mol. The molecule has 2 rings (SSSR count). The van der Waals surface area contributed by atoms with Gasteiger partial charge < -0.3 is 29.4 Å². The number of carbonyl (C=O) groups excluding carboxylic acids is 3. The van der Waals surface area contributed by atoms with Gasteiger partial charge in [0.1, 0.15) is 25.4 Å². The molecule has 2 N–H and O–H groups in total. The van der Waals surface area contributed by atoms with E-state index >= 15 is 0 Å². The van der Waals surface area contributed by atoms with Crippen molar-refractivity contribution < 1.29 is 38.4 Å². The largest absolute Gasteiger partial charge is 0.466 e. The van der Waals surface area contributed by atoms with Gasteiger partial charge in [0.05, 0.1) is 12.6 Å². The Morgan fingerprint density at radius 3 is 2.63 bits per heavy atom. The molecule has 1 fully saturated rings. The standard InChI is InChI=1S/C21H29NO8/c1-4-27-17(24)11-10-15(18(25)19-16(23)13-29-21(2,3)30-19)22-20(26)28-12-14-8-6-5-7-9-14/h5-9,15,18-19,25H,4,10-13H2,1-3H3,(H,22,26)/t15-,18+,19-/m0/s1. The van der Waals surface area contributed by atoms with Gasteiger partial charge in [0.2, 0.25) is 0 Å². The maximum absolute atomic E-state index is 12.3. The summed E-state index contributed by atoms with van der Waals surface area (Å²) in [5.74, 6) is -2.00. The molecule has 1 amide bonds. The number of esters is 1. The maximum Gasteiger partial charge on any atom is 0.407 e. The van der Waals surface area contributed by atoms with Crippen molar-refractivity contribution in [3.63, 3.8) is 0 Å². The normalized spacial score (nSPS) is 20.1. The third-order valence-electron chi connectivity index (χ3n) is 4.49. The van der Waals surface area contributed by atoms with Crippen LogP contribution in [0.15, 0.2) is 30.3 Å². The molecule has 30 heavy (non-hydrogen) atoms. The van der Waals surface area contributed by atoms with E-state index in [2.05, 4.69) is 5.32 Å². The minimum atomic E-state index is -1.40. The third-order valence-corrected chi connectivity index (χ3v) is 4.49. The molecule has 9 nitrogen and oxygen atoms in total. The SMILES string of the molecule is CCOC(=O)CC[C@H](NC(=O)OCc1ccccc1)[C@@H](O)[C@H]1OC(C)(C)OCC1=O. The first-order valence-corrected chi connectivity index (χ1v) is 9.87. The summed E-state index contributed by atoms with van der Waals surface area (Å²) in [7, 11) is 0. The van der Waals surface area contributed by atoms with Gasteiger partial charge in [-0.05, 0) is 32.8 Å². The van der Waals surface area contributed by atoms with E-state index in [0.717, 1.165) is 5.56 Å². The minimum Gasteiger partial charge on any atom is -0.466 e. The highest BCUT2D eigenvalue weighted by Crippen LogP contribution is 2.24. The molecule has 0 spiro atoms. The number of Topliss-reactive ketones (excluding diaryl/α,β-unsaturated/α-hetero) is 1. The Bertz CT molecular complexity index is 721. The van der Waals surface area contributed by atoms with E-state index < -0.39 is 41.9 Å². The lowest BCUT2D eigenvalue weighted by atomic mass is 9.97. The Labute approximate surface area is 175 Å². The van der Waals surface area contributed by atoms with Gasteiger partial charge in [0.15, 0.2) is 11.6 Å². The molecule has 1 saturated heterocycles. The molecule has 0 aromatic heterocycles. The molecule has 1 aromatic carbocycles. The van der Waals surface area contributed by atoms with Crippen molar-refractivity contribution in [2.45, 2.75) is 64.3 Å². The van der Waals surface area contributed by atoms with Crippen LogP contribution in [0.5, 0.6) is 0 Å². The van der Waals surface area contributed by atoms with Gasteiger partial charge in [0, 0.05) is 6.42 Å². The molecule has 0 aliphatic carbocycles. The highest BCUT2D eigenvalue weighted by Gasteiger charge is 2.42. The summed E-state index contributed by atoms with van der Waals surface area (Å²) in [5, 5.41) is 13.3. The number of carbonyl (C=O) groups is 3. The summed E-state index contributed by atoms with van der Waals surface area (Å²) in [6.07, 6.45) is -3.43. The highest BCUT2D eigenvalue weighted by atomic mass is 16.7. The summed E-state index contributed by atoms with van der Waals surface area (Å²) in [5.41, 5.74) is 0.793. The number of nitrogens with one attached hydrogen (secondary N) is 1. The highest BCUT2D eigenvalue weighted by molar-refractivity contribution is 5.85. The molecule has 0 radical (unpaired) electrons. The van der Waals surface area contributed by atoms with Crippen molar-refractivity contribution in [2.75, 3.05) is 13.2 Å². The molecular formula is C21H29NO8. The number of ether oxygens (including phenoxy) is 4. The zero-order chi connectivity index (χ0) is 22.1. The van der Waals surface area contributed by atoms with Crippen LogP contribution < -0.4 is 5.32 Å². The van der Waals surface area contributed by atoms with Crippen molar-refractivity contribution >= 4 is 17.8 Å². The van der Waals surface area contributed by atoms with E-state index in [4.69, 9.17) is 18.9 Å². The quantitative estimate of drug-likeness (QED) is 0.576. The maximum atomic E-state index is 12.3. The van der Waals surface area contributed by atoms with Crippen molar-refractivity contribution in [2.24, 2.45) is 0 Å². The first-order valence-electron chi connectivity index (χ1n) is 9.87. The van der Waals surface area contributed by atoms with E-state index in [9.17, 15) is 19.5 Å².